The van der Waals surface area contributed by atoms with E-state index >= 15 is 0 Å². The van der Waals surface area contributed by atoms with Crippen molar-refractivity contribution >= 4 is 29.1 Å². The third-order valence-corrected chi connectivity index (χ3v) is 4.53. The van der Waals surface area contributed by atoms with E-state index in [0.29, 0.717) is 22.7 Å². The van der Waals surface area contributed by atoms with Gasteiger partial charge in [-0.1, -0.05) is 37.6 Å². The maximum absolute atomic E-state index is 13.4. The van der Waals surface area contributed by atoms with Crippen LogP contribution in [-0.2, 0) is 9.59 Å². The van der Waals surface area contributed by atoms with Gasteiger partial charge in [-0.15, -0.1) is 0 Å². The zero-order valence-corrected chi connectivity index (χ0v) is 15.4. The monoisotopic (exact) mass is 374 g/mol. The molecule has 26 heavy (non-hydrogen) atoms. The Kier molecular flexibility index (Phi) is 5.28. The number of fused-ring (bicyclic) bond motifs is 1. The van der Waals surface area contributed by atoms with Gasteiger partial charge in [-0.25, -0.2) is 4.39 Å². The van der Waals surface area contributed by atoms with Crippen LogP contribution in [0.25, 0.3) is 0 Å². The minimum Gasteiger partial charge on any atom is -0.324 e. The molecule has 0 aromatic heterocycles. The fourth-order valence-electron chi connectivity index (χ4n) is 3.18. The summed E-state index contributed by atoms with van der Waals surface area (Å²) in [6, 6.07) is 10.6. The Morgan fingerprint density at radius 1 is 1.27 bits per heavy atom. The summed E-state index contributed by atoms with van der Waals surface area (Å²) in [6.07, 6.45) is 0.320. The van der Waals surface area contributed by atoms with Crippen molar-refractivity contribution in [3.05, 3.63) is 64.4 Å². The zero-order valence-electron chi connectivity index (χ0n) is 14.6. The van der Waals surface area contributed by atoms with Crippen LogP contribution in [0, 0.1) is 11.7 Å². The van der Waals surface area contributed by atoms with E-state index in [9.17, 15) is 14.0 Å². The third-order valence-electron chi connectivity index (χ3n) is 4.30. The fraction of sp³-hybridized carbons (Fsp3) is 0.300. The number of amides is 2. The third kappa shape index (κ3) is 3.88. The van der Waals surface area contributed by atoms with Gasteiger partial charge in [0.2, 0.25) is 11.8 Å². The fourth-order valence-corrected chi connectivity index (χ4v) is 3.36. The van der Waals surface area contributed by atoms with Crippen LogP contribution in [0.5, 0.6) is 0 Å². The van der Waals surface area contributed by atoms with Crippen LogP contribution < -0.4 is 5.32 Å². The lowest BCUT2D eigenvalue weighted by Gasteiger charge is -2.31. The number of hydrogen-bond acceptors (Lipinski definition) is 2. The van der Waals surface area contributed by atoms with Gasteiger partial charge in [0.1, 0.15) is 12.4 Å². The topological polar surface area (TPSA) is 49.4 Å². The average Bonchev–Trinajstić information content (AvgIpc) is 2.71. The first-order chi connectivity index (χ1) is 12.3. The van der Waals surface area contributed by atoms with Crippen molar-refractivity contribution in [2.45, 2.75) is 26.3 Å². The molecule has 0 spiro atoms. The molecule has 3 rings (SSSR count). The number of carbonyl (C=O) groups is 2. The number of carbonyl (C=O) groups excluding carboxylic acids is 2. The second kappa shape index (κ2) is 7.46. The molecule has 1 heterocycles. The molecule has 0 fully saturated rings. The summed E-state index contributed by atoms with van der Waals surface area (Å²) >= 11 is 6.18. The van der Waals surface area contributed by atoms with Crippen LogP contribution in [0.15, 0.2) is 42.5 Å². The summed E-state index contributed by atoms with van der Waals surface area (Å²) in [6.45, 7) is 3.83. The molecule has 2 aromatic carbocycles. The molecule has 4 nitrogen and oxygen atoms in total. The molecule has 0 saturated heterocycles. The molecule has 1 N–H and O–H groups in total. The van der Waals surface area contributed by atoms with Crippen LogP contribution in [0.3, 0.4) is 0 Å². The van der Waals surface area contributed by atoms with E-state index in [2.05, 4.69) is 5.32 Å². The molecule has 1 aliphatic rings. The first kappa shape index (κ1) is 18.4. The number of hydrogen-bond donors (Lipinski definition) is 1. The Bertz CT molecular complexity index is 836. The summed E-state index contributed by atoms with van der Waals surface area (Å²) in [5.41, 5.74) is 2.05. The summed E-state index contributed by atoms with van der Waals surface area (Å²) in [5, 5.41) is 3.34. The average molecular weight is 375 g/mol. The van der Waals surface area contributed by atoms with Crippen molar-refractivity contribution in [2.75, 3.05) is 11.9 Å². The number of nitrogens with zero attached hydrogens (tertiary/aromatic N) is 1. The Hall–Kier alpha value is -2.40. The van der Waals surface area contributed by atoms with Crippen molar-refractivity contribution in [1.29, 1.82) is 0 Å². The van der Waals surface area contributed by atoms with E-state index < -0.39 is 6.04 Å². The highest BCUT2D eigenvalue weighted by Crippen LogP contribution is 2.37. The molecular formula is C20H20ClFN2O2. The van der Waals surface area contributed by atoms with E-state index in [1.165, 1.54) is 12.1 Å². The van der Waals surface area contributed by atoms with Gasteiger partial charge in [-0.2, -0.15) is 0 Å². The molecule has 0 aliphatic carbocycles. The van der Waals surface area contributed by atoms with Gasteiger partial charge in [-0.05, 0) is 41.8 Å². The van der Waals surface area contributed by atoms with Gasteiger partial charge in [-0.3, -0.25) is 9.59 Å². The number of rotatable bonds is 3. The number of benzene rings is 2. The van der Waals surface area contributed by atoms with Crippen LogP contribution in [0.4, 0.5) is 10.1 Å². The van der Waals surface area contributed by atoms with E-state index in [1.54, 1.807) is 35.2 Å². The summed E-state index contributed by atoms with van der Waals surface area (Å²) in [7, 11) is 0. The molecule has 136 valence electrons. The zero-order chi connectivity index (χ0) is 18.8. The van der Waals surface area contributed by atoms with Gasteiger partial charge in [0, 0.05) is 22.7 Å². The van der Waals surface area contributed by atoms with Crippen molar-refractivity contribution < 1.29 is 14.0 Å². The van der Waals surface area contributed by atoms with Gasteiger partial charge in [0.25, 0.3) is 0 Å². The predicted octanol–water partition coefficient (Wildman–Crippen LogP) is 4.40. The molecule has 1 atom stereocenters. The molecule has 0 saturated carbocycles. The van der Waals surface area contributed by atoms with Crippen molar-refractivity contribution in [3.63, 3.8) is 0 Å². The van der Waals surface area contributed by atoms with Crippen LogP contribution in [0.2, 0.25) is 5.02 Å². The molecule has 0 radical (unpaired) electrons. The van der Waals surface area contributed by atoms with Crippen molar-refractivity contribution in [2.24, 2.45) is 5.92 Å². The van der Waals surface area contributed by atoms with Gasteiger partial charge in [0.15, 0.2) is 0 Å². The lowest BCUT2D eigenvalue weighted by atomic mass is 9.95. The van der Waals surface area contributed by atoms with Crippen molar-refractivity contribution in [3.8, 4) is 0 Å². The van der Waals surface area contributed by atoms with Gasteiger partial charge >= 0.3 is 0 Å². The molecule has 6 heteroatoms. The summed E-state index contributed by atoms with van der Waals surface area (Å²) < 4.78 is 13.4. The summed E-state index contributed by atoms with van der Waals surface area (Å²) in [5.74, 6) is -0.600. The number of anilines is 1. The Morgan fingerprint density at radius 2 is 1.96 bits per heavy atom. The largest absolute Gasteiger partial charge is 0.324 e. The normalized spacial score (nSPS) is 16.9. The SMILES string of the molecule is CC(C)CC(=O)N1CC(=O)Nc2ccc(Cl)cc2[C@@H]1c1ccc(F)cc1. The maximum atomic E-state index is 13.4. The molecule has 1 aliphatic heterocycles. The second-order valence-electron chi connectivity index (χ2n) is 6.85. The van der Waals surface area contributed by atoms with Crippen LogP contribution in [0.1, 0.15) is 37.4 Å². The van der Waals surface area contributed by atoms with E-state index in [0.717, 1.165) is 5.56 Å². The van der Waals surface area contributed by atoms with Crippen LogP contribution >= 0.6 is 11.6 Å². The maximum Gasteiger partial charge on any atom is 0.244 e. The van der Waals surface area contributed by atoms with Crippen LogP contribution in [-0.4, -0.2) is 23.3 Å². The lowest BCUT2D eigenvalue weighted by molar-refractivity contribution is -0.136. The quantitative estimate of drug-likeness (QED) is 0.865. The van der Waals surface area contributed by atoms with E-state index in [-0.39, 0.29) is 30.1 Å². The number of halogens is 2. The first-order valence-electron chi connectivity index (χ1n) is 8.49. The predicted molar refractivity (Wildman–Crippen MR) is 99.5 cm³/mol. The summed E-state index contributed by atoms with van der Waals surface area (Å²) in [4.78, 5) is 26.8. The van der Waals surface area contributed by atoms with Gasteiger partial charge < -0.3 is 10.2 Å². The number of nitrogens with one attached hydrogen (secondary N) is 1. The Balaban J connectivity index is 2.16. The van der Waals surface area contributed by atoms with E-state index in [4.69, 9.17) is 11.6 Å². The highest BCUT2D eigenvalue weighted by Gasteiger charge is 2.33. The minimum atomic E-state index is -0.519. The second-order valence-corrected chi connectivity index (χ2v) is 7.29. The van der Waals surface area contributed by atoms with Gasteiger partial charge in [0.05, 0.1) is 6.04 Å². The Morgan fingerprint density at radius 3 is 2.62 bits per heavy atom. The standard InChI is InChI=1S/C20H20ClFN2O2/c1-12(2)9-19(26)24-11-18(25)23-17-8-5-14(21)10-16(17)20(24)13-3-6-15(22)7-4-13/h3-8,10,12,20H,9,11H2,1-2H3,(H,23,25)/t20-/m0/s1. The highest BCUT2D eigenvalue weighted by atomic mass is 35.5. The first-order valence-corrected chi connectivity index (χ1v) is 8.87. The lowest BCUT2D eigenvalue weighted by Crippen LogP contribution is -2.39. The smallest absolute Gasteiger partial charge is 0.244 e. The molecule has 0 unspecified atom stereocenters. The Labute approximate surface area is 157 Å². The highest BCUT2D eigenvalue weighted by molar-refractivity contribution is 6.30. The molecular weight excluding hydrogens is 355 g/mol. The van der Waals surface area contributed by atoms with E-state index in [1.807, 2.05) is 13.8 Å². The molecule has 0 bridgehead atoms. The molecule has 2 amide bonds. The van der Waals surface area contributed by atoms with Crippen molar-refractivity contribution in [1.82, 2.24) is 4.90 Å². The minimum absolute atomic E-state index is 0.0695. The molecule has 2 aromatic rings.